The number of carbonyl (C=O) groups excluding carboxylic acids is 4. The SMILES string of the molecule is COc1ccc(N2C[C@H](C(=O)Oc3ccc(N4C(=O)[C@H]5C[C@H](C)CC[C@H]5C4=O)cc3)CC2=O)cc1. The summed E-state index contributed by atoms with van der Waals surface area (Å²) in [6.45, 7) is 2.36. The van der Waals surface area contributed by atoms with E-state index in [-0.39, 0.29) is 42.5 Å². The number of hydrogen-bond acceptors (Lipinski definition) is 6. The number of carbonyl (C=O) groups is 4. The number of benzene rings is 2. The normalized spacial score (nSPS) is 26.2. The van der Waals surface area contributed by atoms with E-state index >= 15 is 0 Å². The van der Waals surface area contributed by atoms with Gasteiger partial charge in [-0.3, -0.25) is 24.1 Å². The standard InChI is InChI=1S/C27H28N2O6/c1-16-3-12-22-23(13-16)26(32)29(25(22)31)19-6-10-21(11-7-19)35-27(33)17-14-24(30)28(15-17)18-4-8-20(34-2)9-5-18/h4-11,16-17,22-23H,3,12-15H2,1-2H3/t16-,17-,22-,23+/m1/s1. The molecule has 35 heavy (non-hydrogen) atoms. The number of imide groups is 1. The maximum absolute atomic E-state index is 12.9. The quantitative estimate of drug-likeness (QED) is 0.372. The molecule has 3 fully saturated rings. The molecule has 2 saturated heterocycles. The van der Waals surface area contributed by atoms with Gasteiger partial charge in [0.05, 0.1) is 30.6 Å². The van der Waals surface area contributed by atoms with Crippen LogP contribution in [0, 0.1) is 23.7 Å². The Hall–Kier alpha value is -3.68. The average molecular weight is 477 g/mol. The smallest absolute Gasteiger partial charge is 0.316 e. The Morgan fingerprint density at radius 3 is 2.17 bits per heavy atom. The first-order chi connectivity index (χ1) is 16.9. The summed E-state index contributed by atoms with van der Waals surface area (Å²) in [6.07, 6.45) is 2.52. The van der Waals surface area contributed by atoms with E-state index in [4.69, 9.17) is 9.47 Å². The van der Waals surface area contributed by atoms with Crippen molar-refractivity contribution in [1.29, 1.82) is 0 Å². The number of rotatable bonds is 5. The molecule has 0 N–H and O–H groups in total. The van der Waals surface area contributed by atoms with Crippen LogP contribution >= 0.6 is 0 Å². The predicted molar refractivity (Wildman–Crippen MR) is 128 cm³/mol. The second kappa shape index (κ2) is 9.17. The molecule has 0 radical (unpaired) electrons. The number of fused-ring (bicyclic) bond motifs is 1. The topological polar surface area (TPSA) is 93.2 Å². The van der Waals surface area contributed by atoms with E-state index in [9.17, 15) is 19.2 Å². The number of methoxy groups -OCH3 is 1. The largest absolute Gasteiger partial charge is 0.497 e. The Kier molecular flexibility index (Phi) is 6.05. The van der Waals surface area contributed by atoms with E-state index in [1.807, 2.05) is 0 Å². The molecule has 4 atom stereocenters. The number of amides is 3. The molecule has 0 unspecified atom stereocenters. The van der Waals surface area contributed by atoms with Crippen LogP contribution in [0.25, 0.3) is 0 Å². The van der Waals surface area contributed by atoms with Gasteiger partial charge in [-0.15, -0.1) is 0 Å². The lowest BCUT2D eigenvalue weighted by Crippen LogP contribution is -2.30. The number of esters is 1. The van der Waals surface area contributed by atoms with Crippen molar-refractivity contribution in [3.63, 3.8) is 0 Å². The molecule has 0 aromatic heterocycles. The average Bonchev–Trinajstić information content (AvgIpc) is 3.37. The fourth-order valence-corrected chi connectivity index (χ4v) is 5.38. The molecular weight excluding hydrogens is 448 g/mol. The molecule has 0 bridgehead atoms. The van der Waals surface area contributed by atoms with E-state index < -0.39 is 11.9 Å². The van der Waals surface area contributed by atoms with E-state index in [0.717, 1.165) is 19.3 Å². The third-order valence-electron chi connectivity index (χ3n) is 7.34. The zero-order chi connectivity index (χ0) is 24.7. The van der Waals surface area contributed by atoms with Crippen LogP contribution in [0.2, 0.25) is 0 Å². The molecule has 0 spiro atoms. The molecule has 1 saturated carbocycles. The van der Waals surface area contributed by atoms with Crippen LogP contribution in [-0.2, 0) is 19.2 Å². The highest BCUT2D eigenvalue weighted by Crippen LogP contribution is 2.42. The molecule has 2 heterocycles. The van der Waals surface area contributed by atoms with Gasteiger partial charge in [-0.25, -0.2) is 0 Å². The summed E-state index contributed by atoms with van der Waals surface area (Å²) in [5.74, 6) is -0.537. The van der Waals surface area contributed by atoms with Gasteiger partial charge in [0.2, 0.25) is 17.7 Å². The third kappa shape index (κ3) is 4.29. The minimum absolute atomic E-state index is 0.0704. The van der Waals surface area contributed by atoms with Gasteiger partial charge in [0.25, 0.3) is 0 Å². The maximum Gasteiger partial charge on any atom is 0.316 e. The summed E-state index contributed by atoms with van der Waals surface area (Å²) in [5, 5.41) is 0. The predicted octanol–water partition coefficient (Wildman–Crippen LogP) is 3.58. The summed E-state index contributed by atoms with van der Waals surface area (Å²) in [6, 6.07) is 13.5. The maximum atomic E-state index is 12.9. The third-order valence-corrected chi connectivity index (χ3v) is 7.34. The van der Waals surface area contributed by atoms with Gasteiger partial charge < -0.3 is 14.4 Å². The van der Waals surface area contributed by atoms with Crippen molar-refractivity contribution in [2.24, 2.45) is 23.7 Å². The monoisotopic (exact) mass is 476 g/mol. The Balaban J connectivity index is 1.23. The molecule has 8 nitrogen and oxygen atoms in total. The molecule has 1 aliphatic carbocycles. The van der Waals surface area contributed by atoms with Crippen molar-refractivity contribution in [2.75, 3.05) is 23.5 Å². The molecule has 3 aliphatic rings. The molecule has 3 amide bonds. The lowest BCUT2D eigenvalue weighted by molar-refractivity contribution is -0.139. The highest BCUT2D eigenvalue weighted by Gasteiger charge is 2.50. The van der Waals surface area contributed by atoms with Crippen LogP contribution in [0.1, 0.15) is 32.6 Å². The second-order valence-corrected chi connectivity index (χ2v) is 9.66. The Bertz CT molecular complexity index is 1160. The summed E-state index contributed by atoms with van der Waals surface area (Å²) in [4.78, 5) is 53.9. The van der Waals surface area contributed by atoms with Gasteiger partial charge in [-0.2, -0.15) is 0 Å². The summed E-state index contributed by atoms with van der Waals surface area (Å²) >= 11 is 0. The van der Waals surface area contributed by atoms with Crippen LogP contribution in [0.3, 0.4) is 0 Å². The number of hydrogen-bond donors (Lipinski definition) is 0. The zero-order valence-electron chi connectivity index (χ0n) is 19.8. The first-order valence-electron chi connectivity index (χ1n) is 12.0. The highest BCUT2D eigenvalue weighted by atomic mass is 16.5. The molecule has 8 heteroatoms. The van der Waals surface area contributed by atoms with Crippen molar-refractivity contribution in [2.45, 2.75) is 32.6 Å². The lowest BCUT2D eigenvalue weighted by atomic mass is 9.76. The summed E-state index contributed by atoms with van der Waals surface area (Å²) < 4.78 is 10.7. The van der Waals surface area contributed by atoms with Gasteiger partial charge >= 0.3 is 5.97 Å². The van der Waals surface area contributed by atoms with E-state index in [0.29, 0.717) is 28.8 Å². The first kappa shape index (κ1) is 23.1. The molecule has 5 rings (SSSR count). The van der Waals surface area contributed by atoms with E-state index in [2.05, 4.69) is 6.92 Å². The molecule has 182 valence electrons. The Labute approximate surface area is 203 Å². The second-order valence-electron chi connectivity index (χ2n) is 9.66. The molecule has 2 aliphatic heterocycles. The van der Waals surface area contributed by atoms with Crippen molar-refractivity contribution in [3.8, 4) is 11.5 Å². The highest BCUT2D eigenvalue weighted by molar-refractivity contribution is 6.22. The fraction of sp³-hybridized carbons (Fsp3) is 0.407. The van der Waals surface area contributed by atoms with Crippen LogP contribution in [0.5, 0.6) is 11.5 Å². The van der Waals surface area contributed by atoms with Crippen LogP contribution in [0.15, 0.2) is 48.5 Å². The van der Waals surface area contributed by atoms with Crippen molar-refractivity contribution < 1.29 is 28.7 Å². The van der Waals surface area contributed by atoms with Crippen molar-refractivity contribution in [3.05, 3.63) is 48.5 Å². The van der Waals surface area contributed by atoms with E-state index in [1.54, 1.807) is 60.5 Å². The van der Waals surface area contributed by atoms with Crippen molar-refractivity contribution >= 4 is 35.1 Å². The number of nitrogens with zero attached hydrogens (tertiary/aromatic N) is 2. The Morgan fingerprint density at radius 2 is 1.49 bits per heavy atom. The van der Waals surface area contributed by atoms with Gasteiger partial charge in [-0.1, -0.05) is 6.92 Å². The van der Waals surface area contributed by atoms with E-state index in [1.165, 1.54) is 4.90 Å². The minimum Gasteiger partial charge on any atom is -0.497 e. The van der Waals surface area contributed by atoms with Gasteiger partial charge in [0.1, 0.15) is 11.5 Å². The van der Waals surface area contributed by atoms with Gasteiger partial charge in [0, 0.05) is 18.7 Å². The molecular formula is C27H28N2O6. The zero-order valence-corrected chi connectivity index (χ0v) is 19.8. The molecule has 2 aromatic rings. The minimum atomic E-state index is -0.587. The first-order valence-corrected chi connectivity index (χ1v) is 12.0. The molecule has 2 aromatic carbocycles. The number of ether oxygens (including phenoxy) is 2. The van der Waals surface area contributed by atoms with Gasteiger partial charge in [0.15, 0.2) is 0 Å². The van der Waals surface area contributed by atoms with Crippen LogP contribution < -0.4 is 19.3 Å². The van der Waals surface area contributed by atoms with Crippen molar-refractivity contribution in [1.82, 2.24) is 0 Å². The Morgan fingerprint density at radius 1 is 0.857 bits per heavy atom. The fourth-order valence-electron chi connectivity index (χ4n) is 5.38. The lowest BCUT2D eigenvalue weighted by Gasteiger charge is -2.25. The summed E-state index contributed by atoms with van der Waals surface area (Å²) in [7, 11) is 1.57. The number of anilines is 2. The van der Waals surface area contributed by atoms with Crippen LogP contribution in [0.4, 0.5) is 11.4 Å². The summed E-state index contributed by atoms with van der Waals surface area (Å²) in [5.41, 5.74) is 1.19. The van der Waals surface area contributed by atoms with Gasteiger partial charge in [-0.05, 0) is 73.7 Å². The van der Waals surface area contributed by atoms with Crippen LogP contribution in [-0.4, -0.2) is 37.3 Å².